The van der Waals surface area contributed by atoms with Crippen molar-refractivity contribution in [1.82, 2.24) is 5.32 Å². The maximum atomic E-state index is 14.3. The molecular formula is C21H15F4N3O5S. The minimum atomic E-state index is -4.54. The van der Waals surface area contributed by atoms with Gasteiger partial charge in [-0.05, 0) is 35.9 Å². The molecule has 2 aromatic carbocycles. The summed E-state index contributed by atoms with van der Waals surface area (Å²) >= 11 is 0. The Balaban J connectivity index is 1.66. The molecule has 1 amide bonds. The van der Waals surface area contributed by atoms with Crippen LogP contribution in [-0.4, -0.2) is 20.8 Å². The number of benzene rings is 2. The van der Waals surface area contributed by atoms with Gasteiger partial charge in [-0.1, -0.05) is 12.1 Å². The summed E-state index contributed by atoms with van der Waals surface area (Å²) in [5.41, 5.74) is -1.44. The molecule has 0 bridgehead atoms. The molecule has 0 radical (unpaired) electrons. The quantitative estimate of drug-likeness (QED) is 0.479. The lowest BCUT2D eigenvalue weighted by Crippen LogP contribution is -2.26. The first-order chi connectivity index (χ1) is 15.9. The zero-order valence-electron chi connectivity index (χ0n) is 17.2. The van der Waals surface area contributed by atoms with Gasteiger partial charge in [0.05, 0.1) is 17.4 Å². The van der Waals surface area contributed by atoms with Gasteiger partial charge in [0.2, 0.25) is 10.0 Å². The van der Waals surface area contributed by atoms with Crippen molar-refractivity contribution in [1.29, 1.82) is 5.26 Å². The highest BCUT2D eigenvalue weighted by molar-refractivity contribution is 7.92. The average molecular weight is 497 g/mol. The molecule has 34 heavy (non-hydrogen) atoms. The molecule has 0 atom stereocenters. The first kappa shape index (κ1) is 24.6. The van der Waals surface area contributed by atoms with Crippen LogP contribution < -0.4 is 14.8 Å². The Morgan fingerprint density at radius 1 is 1.18 bits per heavy atom. The third-order valence-corrected chi connectivity index (χ3v) is 4.82. The number of halogens is 4. The maximum absolute atomic E-state index is 14.3. The van der Waals surface area contributed by atoms with Gasteiger partial charge in [0.25, 0.3) is 5.95 Å². The zero-order valence-corrected chi connectivity index (χ0v) is 18.1. The van der Waals surface area contributed by atoms with Crippen LogP contribution in [0.15, 0.2) is 52.9 Å². The summed E-state index contributed by atoms with van der Waals surface area (Å²) in [6, 6.07) is 10.7. The van der Waals surface area contributed by atoms with E-state index in [4.69, 9.17) is 14.4 Å². The Bertz CT molecular complexity index is 1380. The number of ether oxygens (including phenoxy) is 1. The molecule has 0 aliphatic carbocycles. The van der Waals surface area contributed by atoms with Gasteiger partial charge in [0.1, 0.15) is 23.3 Å². The third kappa shape index (κ3) is 6.26. The number of hydrogen-bond donors (Lipinski definition) is 2. The normalized spacial score (nSPS) is 11.5. The van der Waals surface area contributed by atoms with E-state index in [-0.39, 0.29) is 34.9 Å². The Hall–Kier alpha value is -4.05. The molecule has 0 saturated heterocycles. The van der Waals surface area contributed by atoms with E-state index in [1.807, 2.05) is 4.72 Å². The number of anilines is 1. The highest BCUT2D eigenvalue weighted by Gasteiger charge is 2.30. The first-order valence-corrected chi connectivity index (χ1v) is 11.2. The average Bonchev–Trinajstić information content (AvgIpc) is 3.21. The largest absolute Gasteiger partial charge is 0.425 e. The lowest BCUT2D eigenvalue weighted by Gasteiger charge is -2.10. The van der Waals surface area contributed by atoms with E-state index in [2.05, 4.69) is 5.32 Å². The predicted octanol–water partition coefficient (Wildman–Crippen LogP) is 4.64. The Morgan fingerprint density at radius 2 is 1.91 bits per heavy atom. The van der Waals surface area contributed by atoms with E-state index >= 15 is 0 Å². The smallest absolute Gasteiger partial charge is 0.416 e. The van der Waals surface area contributed by atoms with Crippen LogP contribution in [0, 0.1) is 17.1 Å². The third-order valence-electron chi connectivity index (χ3n) is 4.24. The van der Waals surface area contributed by atoms with Crippen molar-refractivity contribution in [2.45, 2.75) is 12.7 Å². The van der Waals surface area contributed by atoms with Gasteiger partial charge in [-0.3, -0.25) is 4.72 Å². The summed E-state index contributed by atoms with van der Waals surface area (Å²) in [4.78, 5) is 12.0. The fraction of sp³-hybridized carbons (Fsp3) is 0.143. The van der Waals surface area contributed by atoms with Crippen molar-refractivity contribution in [3.8, 4) is 23.3 Å². The molecule has 13 heteroatoms. The molecule has 178 valence electrons. The number of nitriles is 1. The highest BCUT2D eigenvalue weighted by Crippen LogP contribution is 2.33. The fourth-order valence-electron chi connectivity index (χ4n) is 2.82. The maximum Gasteiger partial charge on any atom is 0.416 e. The number of furan rings is 1. The van der Waals surface area contributed by atoms with Crippen LogP contribution in [0.4, 0.5) is 28.0 Å². The number of rotatable bonds is 6. The number of sulfonamides is 1. The van der Waals surface area contributed by atoms with Crippen molar-refractivity contribution in [3.05, 3.63) is 71.0 Å². The number of hydrogen-bond acceptors (Lipinski definition) is 6. The van der Waals surface area contributed by atoms with Crippen molar-refractivity contribution in [3.63, 3.8) is 0 Å². The summed E-state index contributed by atoms with van der Waals surface area (Å²) in [5.74, 6) is -1.29. The Kier molecular flexibility index (Phi) is 6.83. The molecule has 0 spiro atoms. The van der Waals surface area contributed by atoms with E-state index in [9.17, 15) is 30.8 Å². The van der Waals surface area contributed by atoms with Gasteiger partial charge in [-0.15, -0.1) is 0 Å². The summed E-state index contributed by atoms with van der Waals surface area (Å²) in [7, 11) is -3.83. The van der Waals surface area contributed by atoms with Crippen molar-refractivity contribution >= 4 is 21.8 Å². The van der Waals surface area contributed by atoms with Crippen molar-refractivity contribution in [2.24, 2.45) is 0 Å². The van der Waals surface area contributed by atoms with E-state index < -0.39 is 39.4 Å². The van der Waals surface area contributed by atoms with E-state index in [0.29, 0.717) is 0 Å². The number of carbonyl (C=O) groups excluding carboxylic acids is 1. The van der Waals surface area contributed by atoms with Crippen LogP contribution in [0.2, 0.25) is 0 Å². The molecule has 3 rings (SSSR count). The van der Waals surface area contributed by atoms with E-state index in [1.165, 1.54) is 30.3 Å². The second-order valence-corrected chi connectivity index (χ2v) is 8.68. The Labute approximate surface area is 190 Å². The van der Waals surface area contributed by atoms with Crippen LogP contribution in [0.3, 0.4) is 0 Å². The number of carbonyl (C=O) groups is 1. The molecule has 0 aliphatic rings. The summed E-state index contributed by atoms with van der Waals surface area (Å²) in [5, 5.41) is 11.4. The number of nitrogens with zero attached hydrogens (tertiary/aromatic N) is 1. The minimum absolute atomic E-state index is 0.0311. The lowest BCUT2D eigenvalue weighted by atomic mass is 10.1. The lowest BCUT2D eigenvalue weighted by molar-refractivity contribution is -0.137. The number of alkyl halides is 3. The van der Waals surface area contributed by atoms with Crippen LogP contribution in [0.25, 0.3) is 11.3 Å². The Morgan fingerprint density at radius 3 is 2.56 bits per heavy atom. The van der Waals surface area contributed by atoms with Gasteiger partial charge in [-0.25, -0.2) is 17.6 Å². The number of nitrogens with one attached hydrogen (secondary N) is 2. The molecule has 1 heterocycles. The highest BCUT2D eigenvalue weighted by atomic mass is 32.2. The first-order valence-electron chi connectivity index (χ1n) is 9.29. The van der Waals surface area contributed by atoms with Gasteiger partial charge in [-0.2, -0.15) is 18.4 Å². The molecule has 8 nitrogen and oxygen atoms in total. The molecular weight excluding hydrogens is 482 g/mol. The predicted molar refractivity (Wildman–Crippen MR) is 112 cm³/mol. The molecule has 0 unspecified atom stereocenters. The zero-order chi connectivity index (χ0) is 25.1. The van der Waals surface area contributed by atoms with Gasteiger partial charge < -0.3 is 14.5 Å². The van der Waals surface area contributed by atoms with Gasteiger partial charge in [0.15, 0.2) is 0 Å². The molecule has 1 aromatic heterocycles. The summed E-state index contributed by atoms with van der Waals surface area (Å²) in [6.07, 6.45) is -4.76. The minimum Gasteiger partial charge on any atom is -0.425 e. The van der Waals surface area contributed by atoms with Crippen LogP contribution in [-0.2, 0) is 22.7 Å². The molecule has 0 fully saturated rings. The topological polar surface area (TPSA) is 121 Å². The van der Waals surface area contributed by atoms with Gasteiger partial charge in [0, 0.05) is 18.2 Å². The fourth-order valence-corrected chi connectivity index (χ4v) is 3.40. The molecule has 0 aliphatic heterocycles. The van der Waals surface area contributed by atoms with E-state index in [0.717, 1.165) is 24.5 Å². The van der Waals surface area contributed by atoms with E-state index in [1.54, 1.807) is 6.07 Å². The molecule has 2 N–H and O–H groups in total. The van der Waals surface area contributed by atoms with Gasteiger partial charge >= 0.3 is 12.3 Å². The summed E-state index contributed by atoms with van der Waals surface area (Å²) < 4.78 is 87.6. The second kappa shape index (κ2) is 9.44. The second-order valence-electron chi connectivity index (χ2n) is 6.93. The molecule has 0 saturated carbocycles. The van der Waals surface area contributed by atoms with Crippen molar-refractivity contribution in [2.75, 3.05) is 11.0 Å². The van der Waals surface area contributed by atoms with Crippen LogP contribution >= 0.6 is 0 Å². The number of amides is 1. The standard InChI is InChI=1S/C21H15F4N3O5S/c1-34(30,31)28-19-14(10-26)7-12(8-16(19)22)11-27-20(29)33-18-6-5-17(32-18)13-3-2-4-15(9-13)21(23,24)25/h2-9,28H,11H2,1H3,(H,27,29). The summed E-state index contributed by atoms with van der Waals surface area (Å²) in [6.45, 7) is -0.287. The monoisotopic (exact) mass is 497 g/mol. The van der Waals surface area contributed by atoms with Crippen LogP contribution in [0.1, 0.15) is 16.7 Å². The molecule has 3 aromatic rings. The van der Waals surface area contributed by atoms with Crippen LogP contribution in [0.5, 0.6) is 5.95 Å². The van der Waals surface area contributed by atoms with Crippen molar-refractivity contribution < 1.29 is 39.9 Å². The SMILES string of the molecule is CS(=O)(=O)Nc1c(F)cc(CNC(=O)Oc2ccc(-c3cccc(C(F)(F)F)c3)o2)cc1C#N.